The van der Waals surface area contributed by atoms with Gasteiger partial charge < -0.3 is 4.90 Å². The van der Waals surface area contributed by atoms with Crippen LogP contribution < -0.4 is 4.90 Å². The minimum Gasteiger partial charge on any atom is -0.370 e. The van der Waals surface area contributed by atoms with E-state index in [0.717, 1.165) is 24.3 Å². The van der Waals surface area contributed by atoms with Crippen molar-refractivity contribution in [1.82, 2.24) is 4.98 Å². The largest absolute Gasteiger partial charge is 0.370 e. The van der Waals surface area contributed by atoms with Crippen molar-refractivity contribution in [1.29, 1.82) is 0 Å². The maximum atomic E-state index is 4.72. The number of hydrogen-bond donors (Lipinski definition) is 0. The van der Waals surface area contributed by atoms with E-state index in [2.05, 4.69) is 56.0 Å². The number of nitrogens with zero attached hydrogens (tertiary/aromatic N) is 2. The van der Waals surface area contributed by atoms with Crippen molar-refractivity contribution < 1.29 is 0 Å². The van der Waals surface area contributed by atoms with Crippen molar-refractivity contribution in [2.45, 2.75) is 33.6 Å². The van der Waals surface area contributed by atoms with Crippen LogP contribution >= 0.6 is 0 Å². The van der Waals surface area contributed by atoms with Crippen molar-refractivity contribution in [2.24, 2.45) is 0 Å². The smallest absolute Gasteiger partial charge is 0.0938 e. The van der Waals surface area contributed by atoms with Crippen LogP contribution in [0.1, 0.15) is 32.4 Å². The van der Waals surface area contributed by atoms with E-state index in [9.17, 15) is 0 Å². The molecule has 1 aromatic heterocycles. The summed E-state index contributed by atoms with van der Waals surface area (Å²) in [7, 11) is 0. The quantitative estimate of drug-likeness (QED) is 0.782. The summed E-state index contributed by atoms with van der Waals surface area (Å²) in [4.78, 5) is 7.17. The van der Waals surface area contributed by atoms with Gasteiger partial charge in [-0.25, -0.2) is 0 Å². The Morgan fingerprint density at radius 3 is 2.39 bits per heavy atom. The lowest BCUT2D eigenvalue weighted by Crippen LogP contribution is -2.25. The number of rotatable bonds is 5. The Balaban J connectivity index is 2.50. The molecule has 0 amide bonds. The van der Waals surface area contributed by atoms with E-state index in [-0.39, 0.29) is 0 Å². The van der Waals surface area contributed by atoms with Gasteiger partial charge >= 0.3 is 0 Å². The van der Waals surface area contributed by atoms with Crippen molar-refractivity contribution >= 4 is 16.6 Å². The Kier molecular flexibility index (Phi) is 4.19. The normalized spacial score (nSPS) is 10.8. The molecule has 0 saturated carbocycles. The zero-order valence-electron chi connectivity index (χ0n) is 11.6. The molecule has 96 valence electrons. The van der Waals surface area contributed by atoms with Gasteiger partial charge in [0.25, 0.3) is 0 Å². The van der Waals surface area contributed by atoms with Gasteiger partial charge in [0, 0.05) is 24.2 Å². The van der Waals surface area contributed by atoms with Crippen LogP contribution in [0.2, 0.25) is 0 Å². The highest BCUT2D eigenvalue weighted by atomic mass is 15.1. The van der Waals surface area contributed by atoms with Gasteiger partial charge in [-0.05, 0) is 31.9 Å². The minimum absolute atomic E-state index is 1.09. The first-order chi connectivity index (χ1) is 8.76. The maximum absolute atomic E-state index is 4.72. The molecule has 2 rings (SSSR count). The van der Waals surface area contributed by atoms with E-state index in [1.807, 2.05) is 0 Å². The zero-order valence-corrected chi connectivity index (χ0v) is 11.6. The predicted molar refractivity (Wildman–Crippen MR) is 79.3 cm³/mol. The van der Waals surface area contributed by atoms with Gasteiger partial charge in [0.05, 0.1) is 11.2 Å². The minimum atomic E-state index is 1.09. The Hall–Kier alpha value is -1.57. The average molecular weight is 242 g/mol. The number of hydrogen-bond acceptors (Lipinski definition) is 2. The summed E-state index contributed by atoms with van der Waals surface area (Å²) in [6, 6.07) is 10.7. The Bertz CT molecular complexity index is 513. The molecule has 0 atom stereocenters. The number of pyridine rings is 1. The van der Waals surface area contributed by atoms with Gasteiger partial charge in [0.15, 0.2) is 0 Å². The molecule has 0 saturated heterocycles. The molecule has 0 aliphatic rings. The molecule has 0 unspecified atom stereocenters. The summed E-state index contributed by atoms with van der Waals surface area (Å²) in [6.45, 7) is 8.71. The molecule has 0 fully saturated rings. The number of aryl methyl sites for hydroxylation is 1. The molecule has 2 nitrogen and oxygen atoms in total. The number of aromatic nitrogens is 1. The fourth-order valence-electron chi connectivity index (χ4n) is 2.38. The first kappa shape index (κ1) is 12.9. The topological polar surface area (TPSA) is 16.1 Å². The first-order valence-electron chi connectivity index (χ1n) is 6.87. The van der Waals surface area contributed by atoms with E-state index >= 15 is 0 Å². The number of fused-ring (bicyclic) bond motifs is 1. The number of benzene rings is 1. The molecule has 0 spiro atoms. The molecule has 18 heavy (non-hydrogen) atoms. The summed E-state index contributed by atoms with van der Waals surface area (Å²) in [5, 5.41) is 1.23. The first-order valence-corrected chi connectivity index (χ1v) is 6.87. The van der Waals surface area contributed by atoms with Gasteiger partial charge in [0.1, 0.15) is 0 Å². The lowest BCUT2D eigenvalue weighted by atomic mass is 10.1. The third-order valence-electron chi connectivity index (χ3n) is 3.17. The maximum Gasteiger partial charge on any atom is 0.0938 e. The van der Waals surface area contributed by atoms with Gasteiger partial charge in [-0.1, -0.05) is 32.0 Å². The standard InChI is InChI=1S/C16H22N2/c1-4-11-18(12-5-2)15-8-6-7-14-10-9-13(3)17-16(14)15/h6-10H,4-5,11-12H2,1-3H3. The summed E-state index contributed by atoms with van der Waals surface area (Å²) in [5.41, 5.74) is 3.50. The van der Waals surface area contributed by atoms with Gasteiger partial charge in [0.2, 0.25) is 0 Å². The third kappa shape index (κ3) is 2.63. The van der Waals surface area contributed by atoms with Crippen molar-refractivity contribution in [3.8, 4) is 0 Å². The molecule has 0 aliphatic heterocycles. The van der Waals surface area contributed by atoms with E-state index in [1.165, 1.54) is 23.9 Å². The van der Waals surface area contributed by atoms with Crippen LogP contribution in [0.5, 0.6) is 0 Å². The third-order valence-corrected chi connectivity index (χ3v) is 3.17. The average Bonchev–Trinajstić information content (AvgIpc) is 2.38. The summed E-state index contributed by atoms with van der Waals surface area (Å²) in [5.74, 6) is 0. The Morgan fingerprint density at radius 1 is 1.00 bits per heavy atom. The Labute approximate surface area is 110 Å². The van der Waals surface area contributed by atoms with Crippen molar-refractivity contribution in [3.63, 3.8) is 0 Å². The molecular weight excluding hydrogens is 220 g/mol. The van der Waals surface area contributed by atoms with Gasteiger partial charge in [-0.15, -0.1) is 0 Å². The number of para-hydroxylation sites is 1. The van der Waals surface area contributed by atoms with Gasteiger partial charge in [-0.2, -0.15) is 0 Å². The fraction of sp³-hybridized carbons (Fsp3) is 0.438. The SMILES string of the molecule is CCCN(CCC)c1cccc2ccc(C)nc12. The molecule has 1 aromatic carbocycles. The predicted octanol–water partition coefficient (Wildman–Crippen LogP) is 4.17. The molecule has 0 N–H and O–H groups in total. The van der Waals surface area contributed by atoms with E-state index in [0.29, 0.717) is 0 Å². The second-order valence-electron chi connectivity index (χ2n) is 4.79. The van der Waals surface area contributed by atoms with Crippen LogP contribution in [0.4, 0.5) is 5.69 Å². The van der Waals surface area contributed by atoms with E-state index in [4.69, 9.17) is 4.98 Å². The van der Waals surface area contributed by atoms with Crippen LogP contribution in [-0.4, -0.2) is 18.1 Å². The van der Waals surface area contributed by atoms with Crippen LogP contribution in [0.15, 0.2) is 30.3 Å². The second kappa shape index (κ2) is 5.85. The molecule has 0 bridgehead atoms. The van der Waals surface area contributed by atoms with Crippen LogP contribution in [0.3, 0.4) is 0 Å². The van der Waals surface area contributed by atoms with Crippen molar-refractivity contribution in [2.75, 3.05) is 18.0 Å². The van der Waals surface area contributed by atoms with E-state index in [1.54, 1.807) is 0 Å². The van der Waals surface area contributed by atoms with Crippen molar-refractivity contribution in [3.05, 3.63) is 36.0 Å². The second-order valence-corrected chi connectivity index (χ2v) is 4.79. The molecule has 2 heteroatoms. The zero-order chi connectivity index (χ0) is 13.0. The fourth-order valence-corrected chi connectivity index (χ4v) is 2.38. The molecule has 2 aromatic rings. The monoisotopic (exact) mass is 242 g/mol. The molecule has 1 heterocycles. The van der Waals surface area contributed by atoms with Crippen LogP contribution in [0.25, 0.3) is 10.9 Å². The van der Waals surface area contributed by atoms with Crippen LogP contribution in [0, 0.1) is 6.92 Å². The molecule has 0 radical (unpaired) electrons. The number of anilines is 1. The highest BCUT2D eigenvalue weighted by Crippen LogP contribution is 2.25. The molecule has 0 aliphatic carbocycles. The summed E-state index contributed by atoms with van der Waals surface area (Å²) in [6.07, 6.45) is 2.34. The van der Waals surface area contributed by atoms with Gasteiger partial charge in [-0.3, -0.25) is 4.98 Å². The van der Waals surface area contributed by atoms with Crippen LogP contribution in [-0.2, 0) is 0 Å². The summed E-state index contributed by atoms with van der Waals surface area (Å²) < 4.78 is 0. The lowest BCUT2D eigenvalue weighted by Gasteiger charge is -2.24. The summed E-state index contributed by atoms with van der Waals surface area (Å²) >= 11 is 0. The molecular formula is C16H22N2. The highest BCUT2D eigenvalue weighted by Gasteiger charge is 2.09. The lowest BCUT2D eigenvalue weighted by molar-refractivity contribution is 0.746. The highest BCUT2D eigenvalue weighted by molar-refractivity contribution is 5.90. The van der Waals surface area contributed by atoms with E-state index < -0.39 is 0 Å². The Morgan fingerprint density at radius 2 is 1.72 bits per heavy atom.